The van der Waals surface area contributed by atoms with Crippen molar-refractivity contribution in [1.82, 2.24) is 5.32 Å². The molecule has 0 heterocycles. The Bertz CT molecular complexity index is 730. The predicted octanol–water partition coefficient (Wildman–Crippen LogP) is 3.01. The van der Waals surface area contributed by atoms with Gasteiger partial charge < -0.3 is 15.7 Å². The maximum absolute atomic E-state index is 12.2. The topological polar surface area (TPSA) is 78.4 Å². The predicted molar refractivity (Wildman–Crippen MR) is 94.6 cm³/mol. The Morgan fingerprint density at radius 2 is 1.71 bits per heavy atom. The summed E-state index contributed by atoms with van der Waals surface area (Å²) in [5.41, 5.74) is 2.44. The van der Waals surface area contributed by atoms with Gasteiger partial charge in [0.1, 0.15) is 0 Å². The molecule has 2 aromatic rings. The Balaban J connectivity index is 1.99. The number of anilines is 1. The number of rotatable bonds is 6. The highest BCUT2D eigenvalue weighted by atomic mass is 35.5. The Labute approximate surface area is 145 Å². The van der Waals surface area contributed by atoms with Crippen LogP contribution in [0.15, 0.2) is 42.5 Å². The maximum atomic E-state index is 12.2. The largest absolute Gasteiger partial charge is 0.396 e. The molecule has 24 heavy (non-hydrogen) atoms. The summed E-state index contributed by atoms with van der Waals surface area (Å²) >= 11 is 5.95. The lowest BCUT2D eigenvalue weighted by molar-refractivity contribution is 0.0950. The van der Waals surface area contributed by atoms with Crippen molar-refractivity contribution in [1.29, 1.82) is 0 Å². The first-order chi connectivity index (χ1) is 11.5. The molecule has 2 aromatic carbocycles. The smallest absolute Gasteiger partial charge is 0.255 e. The van der Waals surface area contributed by atoms with Crippen LogP contribution >= 0.6 is 11.6 Å². The zero-order valence-electron chi connectivity index (χ0n) is 13.3. The number of aliphatic hydroxyl groups is 1. The average molecular weight is 347 g/mol. The standard InChI is InChI=1S/C18H19ClN2O3/c1-12-11-14(5-8-16(12)19)18(24)21-15-6-3-13(4-7-15)17(23)20-9-2-10-22/h3-8,11,22H,2,9-10H2,1H3,(H,20,23)(H,21,24). The van der Waals surface area contributed by atoms with Gasteiger partial charge in [0.25, 0.3) is 11.8 Å². The summed E-state index contributed by atoms with van der Waals surface area (Å²) < 4.78 is 0. The van der Waals surface area contributed by atoms with E-state index in [1.165, 1.54) is 0 Å². The molecular formula is C18H19ClN2O3. The zero-order valence-corrected chi connectivity index (χ0v) is 14.1. The first-order valence-corrected chi connectivity index (χ1v) is 7.95. The van der Waals surface area contributed by atoms with E-state index in [1.54, 1.807) is 42.5 Å². The van der Waals surface area contributed by atoms with Crippen LogP contribution in [-0.4, -0.2) is 30.1 Å². The summed E-state index contributed by atoms with van der Waals surface area (Å²) in [6.45, 7) is 2.29. The minimum atomic E-state index is -0.241. The molecule has 0 aromatic heterocycles. The molecule has 0 saturated heterocycles. The Hall–Kier alpha value is -2.37. The lowest BCUT2D eigenvalue weighted by Gasteiger charge is -2.08. The molecule has 0 aliphatic carbocycles. The average Bonchev–Trinajstić information content (AvgIpc) is 2.58. The molecule has 5 nitrogen and oxygen atoms in total. The number of carbonyl (C=O) groups is 2. The van der Waals surface area contributed by atoms with Crippen LogP contribution in [0.3, 0.4) is 0 Å². The number of carbonyl (C=O) groups excluding carboxylic acids is 2. The molecule has 0 spiro atoms. The monoisotopic (exact) mass is 346 g/mol. The van der Waals surface area contributed by atoms with Gasteiger partial charge in [-0.15, -0.1) is 0 Å². The van der Waals surface area contributed by atoms with Gasteiger partial charge in [0.2, 0.25) is 0 Å². The van der Waals surface area contributed by atoms with E-state index in [4.69, 9.17) is 16.7 Å². The summed E-state index contributed by atoms with van der Waals surface area (Å²) in [7, 11) is 0. The third kappa shape index (κ3) is 4.81. The van der Waals surface area contributed by atoms with Crippen molar-refractivity contribution in [3.8, 4) is 0 Å². The van der Waals surface area contributed by atoms with E-state index in [0.717, 1.165) is 5.56 Å². The zero-order chi connectivity index (χ0) is 17.5. The van der Waals surface area contributed by atoms with Gasteiger partial charge in [0, 0.05) is 35.0 Å². The number of hydrogen-bond donors (Lipinski definition) is 3. The van der Waals surface area contributed by atoms with E-state index in [2.05, 4.69) is 10.6 Å². The van der Waals surface area contributed by atoms with Crippen LogP contribution in [0.1, 0.15) is 32.7 Å². The highest BCUT2D eigenvalue weighted by Gasteiger charge is 2.09. The van der Waals surface area contributed by atoms with E-state index in [0.29, 0.717) is 34.8 Å². The summed E-state index contributed by atoms with van der Waals surface area (Å²) in [4.78, 5) is 24.1. The van der Waals surface area contributed by atoms with Gasteiger partial charge >= 0.3 is 0 Å². The van der Waals surface area contributed by atoms with Crippen LogP contribution in [0.2, 0.25) is 5.02 Å². The Kier molecular flexibility index (Phi) is 6.35. The second kappa shape index (κ2) is 8.47. The van der Waals surface area contributed by atoms with Crippen molar-refractivity contribution < 1.29 is 14.7 Å². The van der Waals surface area contributed by atoms with Gasteiger partial charge in [-0.1, -0.05) is 11.6 Å². The molecule has 0 fully saturated rings. The number of aliphatic hydroxyl groups excluding tert-OH is 1. The highest BCUT2D eigenvalue weighted by Crippen LogP contribution is 2.17. The normalized spacial score (nSPS) is 10.3. The van der Waals surface area contributed by atoms with Crippen LogP contribution < -0.4 is 10.6 Å². The quantitative estimate of drug-likeness (QED) is 0.703. The third-order valence-electron chi connectivity index (χ3n) is 3.45. The molecule has 0 unspecified atom stereocenters. The van der Waals surface area contributed by atoms with Gasteiger partial charge in [0.05, 0.1) is 0 Å². The molecule has 0 radical (unpaired) electrons. The summed E-state index contributed by atoms with van der Waals surface area (Å²) in [5, 5.41) is 14.8. The first kappa shape index (κ1) is 18.0. The molecule has 0 aliphatic heterocycles. The number of aryl methyl sites for hydroxylation is 1. The molecule has 2 amide bonds. The van der Waals surface area contributed by atoms with E-state index < -0.39 is 0 Å². The maximum Gasteiger partial charge on any atom is 0.255 e. The molecule has 2 rings (SSSR count). The van der Waals surface area contributed by atoms with E-state index in [9.17, 15) is 9.59 Å². The highest BCUT2D eigenvalue weighted by molar-refractivity contribution is 6.31. The summed E-state index contributed by atoms with van der Waals surface area (Å²) in [6.07, 6.45) is 0.514. The van der Waals surface area contributed by atoms with Crippen LogP contribution in [0.25, 0.3) is 0 Å². The third-order valence-corrected chi connectivity index (χ3v) is 3.87. The van der Waals surface area contributed by atoms with Crippen molar-refractivity contribution in [3.63, 3.8) is 0 Å². The lowest BCUT2D eigenvalue weighted by atomic mass is 10.1. The number of hydrogen-bond acceptors (Lipinski definition) is 3. The molecule has 126 valence electrons. The Morgan fingerprint density at radius 3 is 2.33 bits per heavy atom. The van der Waals surface area contributed by atoms with Crippen molar-refractivity contribution in [2.75, 3.05) is 18.5 Å². The molecule has 6 heteroatoms. The number of nitrogens with one attached hydrogen (secondary N) is 2. The fourth-order valence-corrected chi connectivity index (χ4v) is 2.19. The van der Waals surface area contributed by atoms with Crippen LogP contribution in [0.4, 0.5) is 5.69 Å². The SMILES string of the molecule is Cc1cc(C(=O)Nc2ccc(C(=O)NCCCO)cc2)ccc1Cl. The summed E-state index contributed by atoms with van der Waals surface area (Å²) in [6, 6.07) is 11.7. The minimum Gasteiger partial charge on any atom is -0.396 e. The molecule has 0 atom stereocenters. The van der Waals surface area contributed by atoms with Crippen LogP contribution in [0.5, 0.6) is 0 Å². The van der Waals surface area contributed by atoms with Crippen LogP contribution in [-0.2, 0) is 0 Å². The fraction of sp³-hybridized carbons (Fsp3) is 0.222. The van der Waals surface area contributed by atoms with Gasteiger partial charge in [0.15, 0.2) is 0 Å². The van der Waals surface area contributed by atoms with Crippen LogP contribution in [0, 0.1) is 6.92 Å². The number of halogens is 1. The summed E-state index contributed by atoms with van der Waals surface area (Å²) in [5.74, 6) is -0.454. The van der Waals surface area contributed by atoms with Gasteiger partial charge in [-0.25, -0.2) is 0 Å². The van der Waals surface area contributed by atoms with Gasteiger partial charge in [-0.2, -0.15) is 0 Å². The van der Waals surface area contributed by atoms with Crippen molar-refractivity contribution >= 4 is 29.1 Å². The van der Waals surface area contributed by atoms with E-state index in [1.807, 2.05) is 6.92 Å². The molecule has 3 N–H and O–H groups in total. The first-order valence-electron chi connectivity index (χ1n) is 7.58. The molecular weight excluding hydrogens is 328 g/mol. The minimum absolute atomic E-state index is 0.0371. The van der Waals surface area contributed by atoms with E-state index in [-0.39, 0.29) is 18.4 Å². The lowest BCUT2D eigenvalue weighted by Crippen LogP contribution is -2.25. The number of benzene rings is 2. The van der Waals surface area contributed by atoms with E-state index >= 15 is 0 Å². The molecule has 0 saturated carbocycles. The Morgan fingerprint density at radius 1 is 1.04 bits per heavy atom. The van der Waals surface area contributed by atoms with Gasteiger partial charge in [-0.3, -0.25) is 9.59 Å². The molecule has 0 bridgehead atoms. The number of amides is 2. The second-order valence-electron chi connectivity index (χ2n) is 5.33. The fourth-order valence-electron chi connectivity index (χ4n) is 2.08. The van der Waals surface area contributed by atoms with Crippen molar-refractivity contribution in [2.45, 2.75) is 13.3 Å². The second-order valence-corrected chi connectivity index (χ2v) is 5.74. The molecule has 0 aliphatic rings. The van der Waals surface area contributed by atoms with Crippen molar-refractivity contribution in [3.05, 3.63) is 64.2 Å². The van der Waals surface area contributed by atoms with Crippen molar-refractivity contribution in [2.24, 2.45) is 0 Å². The van der Waals surface area contributed by atoms with Gasteiger partial charge in [-0.05, 0) is 61.4 Å².